The standard InChI is InChI=1S/C22H26FN5O2S2/c1-27(2)32(29,30)28-11-3-4-17(15-28)12-16-5-10-21(24-13-16)26-22-25-14-20(31-22)18-6-8-19(23)9-7-18/h5-10,13-14,17H,3-4,11-12,15H2,1-2H3,(H,24,25,26). The molecule has 1 saturated heterocycles. The van der Waals surface area contributed by atoms with Gasteiger partial charge in [-0.15, -0.1) is 0 Å². The molecule has 1 aliphatic heterocycles. The van der Waals surface area contributed by atoms with E-state index in [1.165, 1.54) is 27.8 Å². The summed E-state index contributed by atoms with van der Waals surface area (Å²) < 4.78 is 40.8. The molecule has 3 aromatic rings. The number of anilines is 2. The fraction of sp³-hybridized carbons (Fsp3) is 0.364. The predicted octanol–water partition coefficient (Wildman–Crippen LogP) is 4.15. The largest absolute Gasteiger partial charge is 0.316 e. The van der Waals surface area contributed by atoms with Crippen LogP contribution in [0.2, 0.25) is 0 Å². The van der Waals surface area contributed by atoms with Crippen molar-refractivity contribution in [3.05, 3.63) is 60.2 Å². The minimum absolute atomic E-state index is 0.263. The normalized spacial score (nSPS) is 17.6. The first-order valence-electron chi connectivity index (χ1n) is 10.4. The Morgan fingerprint density at radius 1 is 1.16 bits per heavy atom. The Hall–Kier alpha value is -2.40. The molecule has 10 heteroatoms. The summed E-state index contributed by atoms with van der Waals surface area (Å²) in [6, 6.07) is 10.3. The number of pyridine rings is 1. The van der Waals surface area contributed by atoms with Crippen LogP contribution in [0.5, 0.6) is 0 Å². The van der Waals surface area contributed by atoms with E-state index in [2.05, 4.69) is 15.3 Å². The highest BCUT2D eigenvalue weighted by Gasteiger charge is 2.30. The maximum absolute atomic E-state index is 13.1. The van der Waals surface area contributed by atoms with Gasteiger partial charge < -0.3 is 5.32 Å². The van der Waals surface area contributed by atoms with Gasteiger partial charge in [0.25, 0.3) is 10.2 Å². The van der Waals surface area contributed by atoms with Crippen LogP contribution in [0.25, 0.3) is 10.4 Å². The lowest BCUT2D eigenvalue weighted by Gasteiger charge is -2.33. The van der Waals surface area contributed by atoms with Gasteiger partial charge in [-0.25, -0.2) is 14.4 Å². The fourth-order valence-corrected chi connectivity index (χ4v) is 5.83. The van der Waals surface area contributed by atoms with Gasteiger partial charge in [-0.05, 0) is 54.5 Å². The number of piperidine rings is 1. The number of rotatable bonds is 7. The topological polar surface area (TPSA) is 78.4 Å². The zero-order valence-corrected chi connectivity index (χ0v) is 19.7. The van der Waals surface area contributed by atoms with Crippen molar-refractivity contribution in [2.75, 3.05) is 32.5 Å². The highest BCUT2D eigenvalue weighted by Crippen LogP contribution is 2.30. The molecule has 3 heterocycles. The van der Waals surface area contributed by atoms with Crippen molar-refractivity contribution in [1.82, 2.24) is 18.6 Å². The number of nitrogens with zero attached hydrogens (tertiary/aromatic N) is 4. The van der Waals surface area contributed by atoms with E-state index in [0.717, 1.165) is 35.3 Å². The third-order valence-corrected chi connectivity index (χ3v) is 8.36. The van der Waals surface area contributed by atoms with E-state index in [4.69, 9.17) is 0 Å². The van der Waals surface area contributed by atoms with Gasteiger partial charge in [0, 0.05) is 39.6 Å². The van der Waals surface area contributed by atoms with Crippen molar-refractivity contribution in [3.8, 4) is 10.4 Å². The Bertz CT molecular complexity index is 1150. The van der Waals surface area contributed by atoms with E-state index >= 15 is 0 Å². The SMILES string of the molecule is CN(C)S(=O)(=O)N1CCCC(Cc2ccc(Nc3ncc(-c4ccc(F)cc4)s3)nc2)C1. The summed E-state index contributed by atoms with van der Waals surface area (Å²) in [4.78, 5) is 9.82. The molecule has 170 valence electrons. The Labute approximate surface area is 192 Å². The molecule has 1 aromatic carbocycles. The molecule has 1 atom stereocenters. The maximum Gasteiger partial charge on any atom is 0.281 e. The van der Waals surface area contributed by atoms with Gasteiger partial charge in [-0.1, -0.05) is 29.5 Å². The van der Waals surface area contributed by atoms with E-state index in [-0.39, 0.29) is 11.7 Å². The number of nitrogens with one attached hydrogen (secondary N) is 1. The van der Waals surface area contributed by atoms with E-state index < -0.39 is 10.2 Å². The average Bonchev–Trinajstić information content (AvgIpc) is 3.24. The number of hydrogen-bond donors (Lipinski definition) is 1. The summed E-state index contributed by atoms with van der Waals surface area (Å²) in [7, 11) is -0.232. The molecule has 7 nitrogen and oxygen atoms in total. The first-order valence-corrected chi connectivity index (χ1v) is 12.6. The number of aromatic nitrogens is 2. The molecule has 1 aliphatic rings. The van der Waals surface area contributed by atoms with Gasteiger partial charge in [-0.3, -0.25) is 0 Å². The predicted molar refractivity (Wildman–Crippen MR) is 126 cm³/mol. The lowest BCUT2D eigenvalue weighted by molar-refractivity contribution is 0.254. The van der Waals surface area contributed by atoms with Crippen LogP contribution in [0.4, 0.5) is 15.3 Å². The van der Waals surface area contributed by atoms with Crippen LogP contribution >= 0.6 is 11.3 Å². The summed E-state index contributed by atoms with van der Waals surface area (Å²) in [6.07, 6.45) is 6.25. The second kappa shape index (κ2) is 9.62. The Balaban J connectivity index is 1.36. The lowest BCUT2D eigenvalue weighted by atomic mass is 9.93. The fourth-order valence-electron chi connectivity index (χ4n) is 3.78. The molecule has 1 fully saturated rings. The molecule has 0 saturated carbocycles. The van der Waals surface area contributed by atoms with Gasteiger partial charge in [0.2, 0.25) is 0 Å². The van der Waals surface area contributed by atoms with Crippen LogP contribution in [0.1, 0.15) is 18.4 Å². The van der Waals surface area contributed by atoms with E-state index in [1.807, 2.05) is 18.3 Å². The van der Waals surface area contributed by atoms with Gasteiger partial charge in [-0.2, -0.15) is 17.0 Å². The monoisotopic (exact) mass is 475 g/mol. The lowest BCUT2D eigenvalue weighted by Crippen LogP contribution is -2.45. The summed E-state index contributed by atoms with van der Waals surface area (Å²) in [5, 5.41) is 3.91. The minimum Gasteiger partial charge on any atom is -0.316 e. The third kappa shape index (κ3) is 5.32. The maximum atomic E-state index is 13.1. The highest BCUT2D eigenvalue weighted by molar-refractivity contribution is 7.86. The Kier molecular flexibility index (Phi) is 6.85. The van der Waals surface area contributed by atoms with Crippen LogP contribution in [0, 0.1) is 11.7 Å². The molecule has 2 aromatic heterocycles. The van der Waals surface area contributed by atoms with E-state index in [0.29, 0.717) is 24.0 Å². The van der Waals surface area contributed by atoms with Crippen LogP contribution in [0.15, 0.2) is 48.8 Å². The summed E-state index contributed by atoms with van der Waals surface area (Å²) in [5.74, 6) is 0.701. The summed E-state index contributed by atoms with van der Waals surface area (Å²) >= 11 is 1.47. The number of halogens is 1. The zero-order valence-electron chi connectivity index (χ0n) is 18.0. The number of hydrogen-bond acceptors (Lipinski definition) is 6. The molecular weight excluding hydrogens is 449 g/mol. The van der Waals surface area contributed by atoms with Crippen molar-refractivity contribution >= 4 is 32.5 Å². The molecule has 4 rings (SSSR count). The zero-order chi connectivity index (χ0) is 22.7. The first kappa shape index (κ1) is 22.8. The molecule has 32 heavy (non-hydrogen) atoms. The van der Waals surface area contributed by atoms with Gasteiger partial charge >= 0.3 is 0 Å². The minimum atomic E-state index is -3.37. The van der Waals surface area contributed by atoms with Crippen molar-refractivity contribution in [3.63, 3.8) is 0 Å². The number of benzene rings is 1. The number of thiazole rings is 1. The van der Waals surface area contributed by atoms with Crippen molar-refractivity contribution < 1.29 is 12.8 Å². The Morgan fingerprint density at radius 2 is 1.94 bits per heavy atom. The van der Waals surface area contributed by atoms with Gasteiger partial charge in [0.05, 0.1) is 4.88 Å². The summed E-state index contributed by atoms with van der Waals surface area (Å²) in [6.45, 7) is 1.11. The van der Waals surface area contributed by atoms with Gasteiger partial charge in [0.1, 0.15) is 11.6 Å². The molecule has 1 unspecified atom stereocenters. The average molecular weight is 476 g/mol. The molecule has 0 amide bonds. The Morgan fingerprint density at radius 3 is 2.62 bits per heavy atom. The molecule has 0 spiro atoms. The molecular formula is C22H26FN5O2S2. The second-order valence-electron chi connectivity index (χ2n) is 8.07. The van der Waals surface area contributed by atoms with Crippen LogP contribution < -0.4 is 5.32 Å². The quantitative estimate of drug-likeness (QED) is 0.555. The third-order valence-electron chi connectivity index (χ3n) is 5.49. The molecule has 0 aliphatic carbocycles. The summed E-state index contributed by atoms with van der Waals surface area (Å²) in [5.41, 5.74) is 1.99. The van der Waals surface area contributed by atoms with Crippen LogP contribution in [-0.2, 0) is 16.6 Å². The van der Waals surface area contributed by atoms with Crippen LogP contribution in [0.3, 0.4) is 0 Å². The van der Waals surface area contributed by atoms with Crippen molar-refractivity contribution in [2.24, 2.45) is 5.92 Å². The smallest absolute Gasteiger partial charge is 0.281 e. The highest BCUT2D eigenvalue weighted by atomic mass is 32.2. The van der Waals surface area contributed by atoms with E-state index in [1.54, 1.807) is 36.7 Å². The first-order chi connectivity index (χ1) is 15.3. The van der Waals surface area contributed by atoms with Crippen molar-refractivity contribution in [2.45, 2.75) is 19.3 Å². The molecule has 0 radical (unpaired) electrons. The molecule has 1 N–H and O–H groups in total. The van der Waals surface area contributed by atoms with E-state index in [9.17, 15) is 12.8 Å². The second-order valence-corrected chi connectivity index (χ2v) is 11.2. The molecule has 0 bridgehead atoms. The van der Waals surface area contributed by atoms with Crippen LogP contribution in [-0.4, -0.2) is 54.2 Å². The van der Waals surface area contributed by atoms with Gasteiger partial charge in [0.15, 0.2) is 5.13 Å². The van der Waals surface area contributed by atoms with Crippen molar-refractivity contribution in [1.29, 1.82) is 0 Å².